The number of aryl methyl sites for hydroxylation is 1. The van der Waals surface area contributed by atoms with Gasteiger partial charge in [-0.3, -0.25) is 0 Å². The van der Waals surface area contributed by atoms with Crippen LogP contribution in [-0.2, 0) is 6.42 Å². The maximum absolute atomic E-state index is 4.53. The van der Waals surface area contributed by atoms with Crippen LogP contribution in [0.3, 0.4) is 0 Å². The Balaban J connectivity index is 2.14. The Hall–Kier alpha value is -1.49. The van der Waals surface area contributed by atoms with Gasteiger partial charge in [0, 0.05) is 30.7 Å². The van der Waals surface area contributed by atoms with Gasteiger partial charge in [-0.1, -0.05) is 6.92 Å². The van der Waals surface area contributed by atoms with Gasteiger partial charge in [-0.05, 0) is 18.9 Å². The van der Waals surface area contributed by atoms with Crippen molar-refractivity contribution in [3.63, 3.8) is 0 Å². The molecule has 4 nitrogen and oxygen atoms in total. The van der Waals surface area contributed by atoms with E-state index in [0.717, 1.165) is 35.7 Å². The molecule has 0 aliphatic rings. The predicted molar refractivity (Wildman–Crippen MR) is 70.5 cm³/mol. The Labute approximate surface area is 105 Å². The zero-order valence-corrected chi connectivity index (χ0v) is 10.9. The van der Waals surface area contributed by atoms with Crippen molar-refractivity contribution >= 4 is 17.3 Å². The van der Waals surface area contributed by atoms with Gasteiger partial charge in [-0.15, -0.1) is 11.3 Å². The van der Waals surface area contributed by atoms with Crippen molar-refractivity contribution in [3.05, 3.63) is 34.0 Å². The van der Waals surface area contributed by atoms with E-state index in [0.29, 0.717) is 5.95 Å². The van der Waals surface area contributed by atoms with Gasteiger partial charge in [0.25, 0.3) is 0 Å². The highest BCUT2D eigenvalue weighted by Gasteiger charge is 2.06. The second-order valence-corrected chi connectivity index (χ2v) is 4.83. The Morgan fingerprint density at radius 3 is 2.94 bits per heavy atom. The Kier molecular flexibility index (Phi) is 4.03. The lowest BCUT2D eigenvalue weighted by molar-refractivity contribution is 0.926. The van der Waals surface area contributed by atoms with Crippen molar-refractivity contribution in [1.29, 1.82) is 0 Å². The lowest BCUT2D eigenvalue weighted by Crippen LogP contribution is -2.07. The highest BCUT2D eigenvalue weighted by molar-refractivity contribution is 7.09. The zero-order valence-electron chi connectivity index (χ0n) is 10.1. The van der Waals surface area contributed by atoms with Crippen LogP contribution in [0.15, 0.2) is 17.8 Å². The maximum atomic E-state index is 4.53. The van der Waals surface area contributed by atoms with E-state index in [9.17, 15) is 0 Å². The molecule has 0 fully saturated rings. The van der Waals surface area contributed by atoms with Gasteiger partial charge in [0.2, 0.25) is 5.95 Å². The number of hydrogen-bond donors (Lipinski definition) is 1. The molecule has 2 aromatic heterocycles. The maximum Gasteiger partial charge on any atom is 0.222 e. The molecule has 5 heteroatoms. The van der Waals surface area contributed by atoms with Crippen LogP contribution >= 0.6 is 11.3 Å². The molecule has 0 saturated carbocycles. The molecule has 0 amide bonds. The lowest BCUT2D eigenvalue weighted by Gasteiger charge is -2.07. The minimum absolute atomic E-state index is 0.712. The van der Waals surface area contributed by atoms with Gasteiger partial charge in [-0.25, -0.2) is 15.0 Å². The summed E-state index contributed by atoms with van der Waals surface area (Å²) in [6.07, 6.45) is 5.55. The van der Waals surface area contributed by atoms with Gasteiger partial charge in [-0.2, -0.15) is 0 Å². The predicted octanol–water partition coefficient (Wildman–Crippen LogP) is 2.65. The highest BCUT2D eigenvalue weighted by atomic mass is 32.1. The van der Waals surface area contributed by atoms with Crippen molar-refractivity contribution in [1.82, 2.24) is 15.0 Å². The van der Waals surface area contributed by atoms with Crippen molar-refractivity contribution in [2.45, 2.75) is 26.7 Å². The molecule has 0 spiro atoms. The third-order valence-electron chi connectivity index (χ3n) is 2.41. The zero-order chi connectivity index (χ0) is 12.1. The number of nitrogens with one attached hydrogen (secondary N) is 1. The summed E-state index contributed by atoms with van der Waals surface area (Å²) in [5.41, 5.74) is 2.16. The van der Waals surface area contributed by atoms with Crippen molar-refractivity contribution < 1.29 is 0 Å². The van der Waals surface area contributed by atoms with Crippen LogP contribution in [0.4, 0.5) is 5.95 Å². The number of rotatable bonds is 5. The average molecular weight is 248 g/mol. The molecule has 0 bridgehead atoms. The average Bonchev–Trinajstić information content (AvgIpc) is 2.83. The second-order valence-electron chi connectivity index (χ2n) is 3.85. The first kappa shape index (κ1) is 12.0. The number of anilines is 1. The third kappa shape index (κ3) is 3.23. The van der Waals surface area contributed by atoms with Gasteiger partial charge in [0.1, 0.15) is 0 Å². The Morgan fingerprint density at radius 1 is 1.35 bits per heavy atom. The first-order valence-electron chi connectivity index (χ1n) is 5.74. The molecule has 90 valence electrons. The van der Waals surface area contributed by atoms with Crippen LogP contribution in [-0.4, -0.2) is 21.5 Å². The van der Waals surface area contributed by atoms with Crippen LogP contribution in [0.1, 0.15) is 29.6 Å². The van der Waals surface area contributed by atoms with E-state index in [4.69, 9.17) is 0 Å². The van der Waals surface area contributed by atoms with Crippen molar-refractivity contribution in [2.75, 3.05) is 11.9 Å². The first-order valence-corrected chi connectivity index (χ1v) is 6.62. The molecular weight excluding hydrogens is 232 g/mol. The molecule has 0 atom stereocenters. The summed E-state index contributed by atoms with van der Waals surface area (Å²) in [5, 5.41) is 6.28. The Bertz CT molecular complexity index is 467. The number of nitrogens with zero attached hydrogens (tertiary/aromatic N) is 3. The van der Waals surface area contributed by atoms with Gasteiger partial charge >= 0.3 is 0 Å². The first-order chi connectivity index (χ1) is 8.29. The summed E-state index contributed by atoms with van der Waals surface area (Å²) in [6.45, 7) is 5.06. The molecule has 17 heavy (non-hydrogen) atoms. The van der Waals surface area contributed by atoms with Crippen LogP contribution in [0, 0.1) is 6.92 Å². The molecule has 0 aliphatic carbocycles. The summed E-state index contributed by atoms with van der Waals surface area (Å²) in [7, 11) is 0. The van der Waals surface area contributed by atoms with Crippen molar-refractivity contribution in [2.24, 2.45) is 0 Å². The van der Waals surface area contributed by atoms with Crippen LogP contribution in [0.2, 0.25) is 0 Å². The van der Waals surface area contributed by atoms with E-state index < -0.39 is 0 Å². The van der Waals surface area contributed by atoms with Crippen LogP contribution in [0.25, 0.3) is 0 Å². The number of hydrogen-bond acceptors (Lipinski definition) is 5. The molecular formula is C12H16N4S. The van der Waals surface area contributed by atoms with E-state index in [-0.39, 0.29) is 0 Å². The van der Waals surface area contributed by atoms with E-state index >= 15 is 0 Å². The fourth-order valence-corrected chi connectivity index (χ4v) is 2.08. The summed E-state index contributed by atoms with van der Waals surface area (Å²) < 4.78 is 0. The summed E-state index contributed by atoms with van der Waals surface area (Å²) in [4.78, 5) is 13.1. The molecule has 2 aromatic rings. The minimum atomic E-state index is 0.712. The van der Waals surface area contributed by atoms with Gasteiger partial charge in [0.15, 0.2) is 0 Å². The molecule has 0 unspecified atom stereocenters. The highest BCUT2D eigenvalue weighted by Crippen LogP contribution is 2.14. The van der Waals surface area contributed by atoms with Crippen LogP contribution in [0.5, 0.6) is 0 Å². The molecule has 2 rings (SSSR count). The van der Waals surface area contributed by atoms with E-state index in [2.05, 4.69) is 27.2 Å². The molecule has 0 radical (unpaired) electrons. The third-order valence-corrected chi connectivity index (χ3v) is 3.19. The molecule has 2 heterocycles. The van der Waals surface area contributed by atoms with Gasteiger partial charge in [0.05, 0.1) is 10.7 Å². The molecule has 0 saturated heterocycles. The van der Waals surface area contributed by atoms with Crippen molar-refractivity contribution in [3.8, 4) is 0 Å². The standard InChI is InChI=1S/C12H16N4S/c1-3-4-14-12-15-8-9(2)10(16-12)7-11-13-5-6-17-11/h5-6,8H,3-4,7H2,1-2H3,(H,14,15,16). The molecule has 0 aromatic carbocycles. The summed E-state index contributed by atoms with van der Waals surface area (Å²) in [5.74, 6) is 0.712. The smallest absolute Gasteiger partial charge is 0.222 e. The Morgan fingerprint density at radius 2 is 2.24 bits per heavy atom. The summed E-state index contributed by atoms with van der Waals surface area (Å²) >= 11 is 1.66. The monoisotopic (exact) mass is 248 g/mol. The van der Waals surface area contributed by atoms with E-state index in [1.807, 2.05) is 24.7 Å². The number of aromatic nitrogens is 3. The second kappa shape index (κ2) is 5.72. The minimum Gasteiger partial charge on any atom is -0.354 e. The quantitative estimate of drug-likeness (QED) is 0.883. The van der Waals surface area contributed by atoms with Crippen LogP contribution < -0.4 is 5.32 Å². The molecule has 0 aliphatic heterocycles. The largest absolute Gasteiger partial charge is 0.354 e. The normalized spacial score (nSPS) is 10.5. The fraction of sp³-hybridized carbons (Fsp3) is 0.417. The summed E-state index contributed by atoms with van der Waals surface area (Å²) in [6, 6.07) is 0. The van der Waals surface area contributed by atoms with E-state index in [1.54, 1.807) is 11.3 Å². The number of thiazole rings is 1. The van der Waals surface area contributed by atoms with E-state index in [1.165, 1.54) is 0 Å². The lowest BCUT2D eigenvalue weighted by atomic mass is 10.2. The van der Waals surface area contributed by atoms with Gasteiger partial charge < -0.3 is 5.32 Å². The SMILES string of the molecule is CCCNc1ncc(C)c(Cc2nccs2)n1. The molecule has 1 N–H and O–H groups in total. The topological polar surface area (TPSA) is 50.7 Å². The fourth-order valence-electron chi connectivity index (χ4n) is 1.46.